The SMILES string of the molecule is Cc1ccc(C(=O)NC2CCC(N)CC2)c(Br)c1.Cl. The van der Waals surface area contributed by atoms with E-state index in [-0.39, 0.29) is 24.4 Å². The van der Waals surface area contributed by atoms with Gasteiger partial charge in [-0.05, 0) is 66.2 Å². The number of hydrogen-bond acceptors (Lipinski definition) is 2. The lowest BCUT2D eigenvalue weighted by Gasteiger charge is -2.27. The molecular weight excluding hydrogens is 328 g/mol. The second kappa shape index (κ2) is 7.27. The topological polar surface area (TPSA) is 55.1 Å². The van der Waals surface area contributed by atoms with Crippen molar-refractivity contribution in [1.82, 2.24) is 5.32 Å². The fraction of sp³-hybridized carbons (Fsp3) is 0.500. The Labute approximate surface area is 128 Å². The molecule has 0 aromatic heterocycles. The van der Waals surface area contributed by atoms with Gasteiger partial charge < -0.3 is 11.1 Å². The van der Waals surface area contributed by atoms with Gasteiger partial charge in [0.25, 0.3) is 5.91 Å². The number of halogens is 2. The molecule has 1 aromatic rings. The highest BCUT2D eigenvalue weighted by Crippen LogP contribution is 2.21. The Morgan fingerprint density at radius 1 is 1.32 bits per heavy atom. The van der Waals surface area contributed by atoms with E-state index in [1.807, 2.05) is 25.1 Å². The molecule has 106 valence electrons. The van der Waals surface area contributed by atoms with Crippen molar-refractivity contribution in [3.63, 3.8) is 0 Å². The zero-order chi connectivity index (χ0) is 13.1. The third-order valence-electron chi connectivity index (χ3n) is 3.48. The molecule has 1 aliphatic rings. The molecular formula is C14H20BrClN2O. The summed E-state index contributed by atoms with van der Waals surface area (Å²) in [6, 6.07) is 6.36. The van der Waals surface area contributed by atoms with E-state index in [9.17, 15) is 4.79 Å². The summed E-state index contributed by atoms with van der Waals surface area (Å²) in [5, 5.41) is 3.09. The average molecular weight is 348 g/mol. The van der Waals surface area contributed by atoms with Gasteiger partial charge in [-0.1, -0.05) is 6.07 Å². The van der Waals surface area contributed by atoms with E-state index in [1.54, 1.807) is 0 Å². The predicted molar refractivity (Wildman–Crippen MR) is 83.8 cm³/mol. The molecule has 3 N–H and O–H groups in total. The molecule has 0 saturated heterocycles. The molecule has 0 aliphatic heterocycles. The first kappa shape index (κ1) is 16.5. The maximum atomic E-state index is 12.2. The van der Waals surface area contributed by atoms with E-state index in [4.69, 9.17) is 5.73 Å². The van der Waals surface area contributed by atoms with Crippen LogP contribution in [-0.2, 0) is 0 Å². The highest BCUT2D eigenvalue weighted by Gasteiger charge is 2.21. The van der Waals surface area contributed by atoms with Gasteiger partial charge >= 0.3 is 0 Å². The predicted octanol–water partition coefficient (Wildman–Crippen LogP) is 3.18. The molecule has 0 spiro atoms. The summed E-state index contributed by atoms with van der Waals surface area (Å²) in [7, 11) is 0. The van der Waals surface area contributed by atoms with Crippen molar-refractivity contribution in [2.24, 2.45) is 5.73 Å². The highest BCUT2D eigenvalue weighted by molar-refractivity contribution is 9.10. The number of benzene rings is 1. The van der Waals surface area contributed by atoms with Crippen LogP contribution < -0.4 is 11.1 Å². The Bertz CT molecular complexity index is 445. The molecule has 1 amide bonds. The molecule has 1 aliphatic carbocycles. The van der Waals surface area contributed by atoms with E-state index in [0.29, 0.717) is 11.6 Å². The summed E-state index contributed by atoms with van der Waals surface area (Å²) < 4.78 is 0.854. The fourth-order valence-electron chi connectivity index (χ4n) is 2.33. The quantitative estimate of drug-likeness (QED) is 0.863. The maximum absolute atomic E-state index is 12.2. The van der Waals surface area contributed by atoms with E-state index in [1.165, 1.54) is 0 Å². The Kier molecular flexibility index (Phi) is 6.30. The van der Waals surface area contributed by atoms with Crippen molar-refractivity contribution in [3.8, 4) is 0 Å². The van der Waals surface area contributed by atoms with Gasteiger partial charge in [0, 0.05) is 16.6 Å². The molecule has 1 aromatic carbocycles. The molecule has 0 bridgehead atoms. The largest absolute Gasteiger partial charge is 0.349 e. The summed E-state index contributed by atoms with van der Waals surface area (Å²) in [4.78, 5) is 12.2. The number of hydrogen-bond donors (Lipinski definition) is 2. The van der Waals surface area contributed by atoms with E-state index < -0.39 is 0 Å². The molecule has 1 fully saturated rings. The number of nitrogens with two attached hydrogens (primary N) is 1. The van der Waals surface area contributed by atoms with Crippen LogP contribution in [0.5, 0.6) is 0 Å². The van der Waals surface area contributed by atoms with Gasteiger partial charge in [-0.25, -0.2) is 0 Å². The van der Waals surface area contributed by atoms with Crippen molar-refractivity contribution in [2.75, 3.05) is 0 Å². The van der Waals surface area contributed by atoms with E-state index >= 15 is 0 Å². The lowest BCUT2D eigenvalue weighted by Crippen LogP contribution is -2.40. The minimum atomic E-state index is 0. The number of amides is 1. The molecule has 19 heavy (non-hydrogen) atoms. The zero-order valence-corrected chi connectivity index (χ0v) is 13.4. The normalized spacial score (nSPS) is 22.5. The lowest BCUT2D eigenvalue weighted by molar-refractivity contribution is 0.0925. The summed E-state index contributed by atoms with van der Waals surface area (Å²) in [6.45, 7) is 2.01. The van der Waals surface area contributed by atoms with Gasteiger partial charge in [0.05, 0.1) is 5.56 Å². The average Bonchev–Trinajstić information content (AvgIpc) is 2.32. The number of rotatable bonds is 2. The van der Waals surface area contributed by atoms with Crippen LogP contribution in [0.2, 0.25) is 0 Å². The first-order chi connectivity index (χ1) is 8.56. The fourth-order valence-corrected chi connectivity index (χ4v) is 3.00. The van der Waals surface area contributed by atoms with Gasteiger partial charge in [-0.3, -0.25) is 4.79 Å². The summed E-state index contributed by atoms with van der Waals surface area (Å²) >= 11 is 3.44. The molecule has 1 saturated carbocycles. The van der Waals surface area contributed by atoms with Crippen LogP contribution in [-0.4, -0.2) is 18.0 Å². The minimum Gasteiger partial charge on any atom is -0.349 e. The van der Waals surface area contributed by atoms with Gasteiger partial charge in [-0.2, -0.15) is 0 Å². The van der Waals surface area contributed by atoms with Gasteiger partial charge in [0.2, 0.25) is 0 Å². The van der Waals surface area contributed by atoms with E-state index in [0.717, 1.165) is 35.7 Å². The maximum Gasteiger partial charge on any atom is 0.252 e. The standard InChI is InChI=1S/C14H19BrN2O.ClH/c1-9-2-7-12(13(15)8-9)14(18)17-11-5-3-10(16)4-6-11;/h2,7-8,10-11H,3-6,16H2,1H3,(H,17,18);1H. The third kappa shape index (κ3) is 4.48. The third-order valence-corrected chi connectivity index (χ3v) is 4.13. The van der Waals surface area contributed by atoms with Crippen molar-refractivity contribution in [1.29, 1.82) is 0 Å². The van der Waals surface area contributed by atoms with Gasteiger partial charge in [0.1, 0.15) is 0 Å². The second-order valence-electron chi connectivity index (χ2n) is 5.07. The van der Waals surface area contributed by atoms with Crippen LogP contribution in [0.4, 0.5) is 0 Å². The Balaban J connectivity index is 0.00000180. The van der Waals surface area contributed by atoms with Crippen molar-refractivity contribution >= 4 is 34.2 Å². The van der Waals surface area contributed by atoms with Crippen LogP contribution in [0.15, 0.2) is 22.7 Å². The summed E-state index contributed by atoms with van der Waals surface area (Å²) in [5.74, 6) is 0.00217. The first-order valence-corrected chi connectivity index (χ1v) is 7.18. The molecule has 2 rings (SSSR count). The van der Waals surface area contributed by atoms with Crippen molar-refractivity contribution < 1.29 is 4.79 Å². The minimum absolute atomic E-state index is 0. The summed E-state index contributed by atoms with van der Waals surface area (Å²) in [6.07, 6.45) is 3.97. The molecule has 0 radical (unpaired) electrons. The number of carbonyl (C=O) groups is 1. The van der Waals surface area contributed by atoms with E-state index in [2.05, 4.69) is 21.2 Å². The first-order valence-electron chi connectivity index (χ1n) is 6.39. The Hall–Kier alpha value is -0.580. The van der Waals surface area contributed by atoms with Crippen LogP contribution in [0.25, 0.3) is 0 Å². The molecule has 0 atom stereocenters. The smallest absolute Gasteiger partial charge is 0.252 e. The molecule has 0 heterocycles. The van der Waals surface area contributed by atoms with Gasteiger partial charge in [-0.15, -0.1) is 12.4 Å². The Morgan fingerprint density at radius 3 is 2.53 bits per heavy atom. The van der Waals surface area contributed by atoms with Crippen LogP contribution in [0.1, 0.15) is 41.6 Å². The Morgan fingerprint density at radius 2 is 1.95 bits per heavy atom. The van der Waals surface area contributed by atoms with Crippen LogP contribution in [0, 0.1) is 6.92 Å². The van der Waals surface area contributed by atoms with Gasteiger partial charge in [0.15, 0.2) is 0 Å². The number of nitrogens with one attached hydrogen (secondary N) is 1. The monoisotopic (exact) mass is 346 g/mol. The highest BCUT2D eigenvalue weighted by atomic mass is 79.9. The van der Waals surface area contributed by atoms with Crippen molar-refractivity contribution in [3.05, 3.63) is 33.8 Å². The molecule has 3 nitrogen and oxygen atoms in total. The zero-order valence-electron chi connectivity index (χ0n) is 11.0. The van der Waals surface area contributed by atoms with Crippen molar-refractivity contribution in [2.45, 2.75) is 44.7 Å². The summed E-state index contributed by atoms with van der Waals surface area (Å²) in [5.41, 5.74) is 7.70. The van der Waals surface area contributed by atoms with Crippen LogP contribution >= 0.6 is 28.3 Å². The second-order valence-corrected chi connectivity index (χ2v) is 5.92. The molecule has 0 unspecified atom stereocenters. The number of carbonyl (C=O) groups excluding carboxylic acids is 1. The number of aryl methyl sites for hydroxylation is 1. The molecule has 5 heteroatoms. The van der Waals surface area contributed by atoms with Crippen LogP contribution in [0.3, 0.4) is 0 Å². The lowest BCUT2D eigenvalue weighted by atomic mass is 9.91.